The Balaban J connectivity index is 1.19. The molecule has 3 aromatic heterocycles. The van der Waals surface area contributed by atoms with Crippen molar-refractivity contribution in [3.63, 3.8) is 0 Å². The van der Waals surface area contributed by atoms with Crippen molar-refractivity contribution in [3.05, 3.63) is 114 Å². The number of fused-ring (bicyclic) bond motifs is 5. The standard InChI is InChI=1S/C38H35N5/c1-37(2)29-13-5-7-16-32(29)42-34(37)28-22-41-36-26(28)19-23(20-40-36)24-12-10-14-30-33(24)43-35(38(30)17-8-3-9-18-38)27-21-39-31-15-6-4-11-25(27)31/h4-7,10-16,19-22,35,39,43H,3,8-9,17-18H2,1-2H3,(H,40,41). The molecule has 1 unspecified atom stereocenters. The molecule has 6 aromatic rings. The molecule has 3 N–H and O–H groups in total. The molecule has 0 radical (unpaired) electrons. The average molecular weight is 562 g/mol. The molecular weight excluding hydrogens is 526 g/mol. The molecule has 1 atom stereocenters. The third-order valence-electron chi connectivity index (χ3n) is 10.6. The van der Waals surface area contributed by atoms with Gasteiger partial charge in [-0.15, -0.1) is 0 Å². The molecular formula is C38H35N5. The molecule has 0 bridgehead atoms. The monoisotopic (exact) mass is 561 g/mol. The van der Waals surface area contributed by atoms with Crippen LogP contribution < -0.4 is 5.32 Å². The van der Waals surface area contributed by atoms with Gasteiger partial charge in [-0.1, -0.05) is 87.7 Å². The van der Waals surface area contributed by atoms with Crippen molar-refractivity contribution in [3.8, 4) is 11.1 Å². The Morgan fingerprint density at radius 3 is 2.47 bits per heavy atom. The molecule has 2 aliphatic heterocycles. The lowest BCUT2D eigenvalue weighted by Crippen LogP contribution is -2.34. The zero-order chi connectivity index (χ0) is 28.8. The van der Waals surface area contributed by atoms with Gasteiger partial charge in [-0.05, 0) is 42.2 Å². The molecule has 1 fully saturated rings. The molecule has 5 heteroatoms. The number of hydrogen-bond donors (Lipinski definition) is 3. The fourth-order valence-corrected chi connectivity index (χ4v) is 8.48. The number of pyridine rings is 1. The number of benzene rings is 3. The summed E-state index contributed by atoms with van der Waals surface area (Å²) >= 11 is 0. The Morgan fingerprint density at radius 2 is 1.58 bits per heavy atom. The summed E-state index contributed by atoms with van der Waals surface area (Å²) in [6.07, 6.45) is 12.6. The van der Waals surface area contributed by atoms with Gasteiger partial charge in [0, 0.05) is 73.7 Å². The van der Waals surface area contributed by atoms with Gasteiger partial charge in [0.05, 0.1) is 17.4 Å². The molecule has 43 heavy (non-hydrogen) atoms. The van der Waals surface area contributed by atoms with Crippen molar-refractivity contribution in [2.45, 2.75) is 62.8 Å². The topological polar surface area (TPSA) is 68.9 Å². The summed E-state index contributed by atoms with van der Waals surface area (Å²) in [5.74, 6) is 0. The zero-order valence-corrected chi connectivity index (χ0v) is 24.7. The first-order chi connectivity index (χ1) is 21.0. The number of nitrogens with one attached hydrogen (secondary N) is 3. The van der Waals surface area contributed by atoms with E-state index < -0.39 is 0 Å². The van der Waals surface area contributed by atoms with E-state index in [-0.39, 0.29) is 16.9 Å². The largest absolute Gasteiger partial charge is 0.377 e. The van der Waals surface area contributed by atoms with Crippen molar-refractivity contribution >= 4 is 39.0 Å². The second kappa shape index (κ2) is 8.93. The highest BCUT2D eigenvalue weighted by molar-refractivity contribution is 6.18. The van der Waals surface area contributed by atoms with E-state index in [4.69, 9.17) is 9.98 Å². The summed E-state index contributed by atoms with van der Waals surface area (Å²) in [7, 11) is 0. The maximum Gasteiger partial charge on any atom is 0.137 e. The van der Waals surface area contributed by atoms with Crippen molar-refractivity contribution in [1.29, 1.82) is 0 Å². The predicted molar refractivity (Wildman–Crippen MR) is 177 cm³/mol. The number of rotatable bonds is 3. The lowest BCUT2D eigenvalue weighted by Gasteiger charge is -2.39. The van der Waals surface area contributed by atoms with Crippen molar-refractivity contribution < 1.29 is 0 Å². The Labute approximate surface area is 251 Å². The molecule has 1 aliphatic carbocycles. The van der Waals surface area contributed by atoms with Gasteiger partial charge < -0.3 is 15.3 Å². The third-order valence-corrected chi connectivity index (χ3v) is 10.6. The lowest BCUT2D eigenvalue weighted by molar-refractivity contribution is 0.271. The predicted octanol–water partition coefficient (Wildman–Crippen LogP) is 9.49. The number of anilines is 1. The van der Waals surface area contributed by atoms with Gasteiger partial charge in [0.1, 0.15) is 5.65 Å². The average Bonchev–Trinajstić information content (AvgIpc) is 3.79. The van der Waals surface area contributed by atoms with E-state index in [0.717, 1.165) is 33.6 Å². The minimum atomic E-state index is -0.183. The van der Waals surface area contributed by atoms with Crippen LogP contribution in [0, 0.1) is 0 Å². The lowest BCUT2D eigenvalue weighted by atomic mass is 9.65. The van der Waals surface area contributed by atoms with Gasteiger partial charge in [0.25, 0.3) is 0 Å². The molecule has 1 saturated carbocycles. The van der Waals surface area contributed by atoms with Gasteiger partial charge in [0.2, 0.25) is 0 Å². The molecule has 5 heterocycles. The Morgan fingerprint density at radius 1 is 0.767 bits per heavy atom. The van der Waals surface area contributed by atoms with Crippen LogP contribution in [0.3, 0.4) is 0 Å². The van der Waals surface area contributed by atoms with Crippen LogP contribution in [-0.4, -0.2) is 20.7 Å². The summed E-state index contributed by atoms with van der Waals surface area (Å²) in [5, 5.41) is 6.55. The van der Waals surface area contributed by atoms with Gasteiger partial charge in [-0.25, -0.2) is 4.98 Å². The van der Waals surface area contributed by atoms with E-state index in [1.807, 2.05) is 6.20 Å². The van der Waals surface area contributed by atoms with Crippen LogP contribution in [0.5, 0.6) is 0 Å². The van der Waals surface area contributed by atoms with Crippen LogP contribution in [0.1, 0.15) is 74.2 Å². The van der Waals surface area contributed by atoms with E-state index >= 15 is 0 Å². The smallest absolute Gasteiger partial charge is 0.137 e. The highest BCUT2D eigenvalue weighted by Gasteiger charge is 2.49. The number of para-hydroxylation sites is 3. The summed E-state index contributed by atoms with van der Waals surface area (Å²) in [5.41, 5.74) is 13.0. The minimum Gasteiger partial charge on any atom is -0.377 e. The Hall–Kier alpha value is -4.64. The fourth-order valence-electron chi connectivity index (χ4n) is 8.48. The van der Waals surface area contributed by atoms with E-state index in [9.17, 15) is 0 Å². The second-order valence-corrected chi connectivity index (χ2v) is 13.2. The normalized spacial score (nSPS) is 19.9. The third kappa shape index (κ3) is 3.45. The first kappa shape index (κ1) is 24.9. The van der Waals surface area contributed by atoms with Gasteiger partial charge in [0.15, 0.2) is 0 Å². The zero-order valence-electron chi connectivity index (χ0n) is 24.7. The van der Waals surface area contributed by atoms with Crippen LogP contribution in [0.25, 0.3) is 33.1 Å². The van der Waals surface area contributed by atoms with Gasteiger partial charge in [-0.3, -0.25) is 4.99 Å². The van der Waals surface area contributed by atoms with Crippen molar-refractivity contribution in [2.75, 3.05) is 5.32 Å². The molecule has 9 rings (SSSR count). The molecule has 5 nitrogen and oxygen atoms in total. The number of aromatic amines is 2. The van der Waals surface area contributed by atoms with E-state index in [1.54, 1.807) is 0 Å². The fraction of sp³-hybridized carbons (Fsp3) is 0.263. The van der Waals surface area contributed by atoms with Crippen LogP contribution in [-0.2, 0) is 10.8 Å². The molecule has 0 saturated heterocycles. The number of aromatic nitrogens is 3. The molecule has 3 aromatic carbocycles. The number of aliphatic imine (C=N–C) groups is 1. The highest BCUT2D eigenvalue weighted by Crippen LogP contribution is 2.58. The summed E-state index contributed by atoms with van der Waals surface area (Å²) in [6, 6.07) is 26.7. The summed E-state index contributed by atoms with van der Waals surface area (Å²) in [4.78, 5) is 17.1. The van der Waals surface area contributed by atoms with E-state index in [0.29, 0.717) is 0 Å². The van der Waals surface area contributed by atoms with Crippen molar-refractivity contribution in [1.82, 2.24) is 15.0 Å². The van der Waals surface area contributed by atoms with Crippen molar-refractivity contribution in [2.24, 2.45) is 4.99 Å². The highest BCUT2D eigenvalue weighted by atomic mass is 15.0. The quantitative estimate of drug-likeness (QED) is 0.201. The number of hydrogen-bond acceptors (Lipinski definition) is 3. The number of nitrogens with zero attached hydrogens (tertiary/aromatic N) is 2. The van der Waals surface area contributed by atoms with Crippen LogP contribution in [0.2, 0.25) is 0 Å². The molecule has 212 valence electrons. The first-order valence-electron chi connectivity index (χ1n) is 15.7. The SMILES string of the molecule is CC1(C)C(c2c[nH]c3ncc(-c4cccc5c4NC(c4c[nH]c6ccccc46)C54CCCCC4)cc23)=Nc2ccccc21. The Bertz CT molecular complexity index is 2080. The van der Waals surface area contributed by atoms with E-state index in [2.05, 4.69) is 114 Å². The summed E-state index contributed by atoms with van der Waals surface area (Å²) in [6.45, 7) is 4.55. The van der Waals surface area contributed by atoms with Crippen LogP contribution in [0.15, 0.2) is 96.4 Å². The molecule has 1 spiro atoms. The van der Waals surface area contributed by atoms with Gasteiger partial charge in [-0.2, -0.15) is 0 Å². The van der Waals surface area contributed by atoms with Crippen LogP contribution >= 0.6 is 0 Å². The minimum absolute atomic E-state index is 0.0830. The van der Waals surface area contributed by atoms with E-state index in [1.165, 1.54) is 70.9 Å². The molecule has 3 aliphatic rings. The first-order valence-corrected chi connectivity index (χ1v) is 15.7. The second-order valence-electron chi connectivity index (χ2n) is 13.2. The van der Waals surface area contributed by atoms with Crippen LogP contribution in [0.4, 0.5) is 11.4 Å². The maximum absolute atomic E-state index is 5.13. The molecule has 0 amide bonds. The summed E-state index contributed by atoms with van der Waals surface area (Å²) < 4.78 is 0. The Kier molecular flexibility index (Phi) is 5.18. The maximum atomic E-state index is 5.13. The number of H-pyrrole nitrogens is 2. The van der Waals surface area contributed by atoms with Gasteiger partial charge >= 0.3 is 0 Å².